The van der Waals surface area contributed by atoms with E-state index in [-0.39, 0.29) is 16.2 Å². The molecular weight excluding hydrogens is 260 g/mol. The molecule has 4 nitrogen and oxygen atoms in total. The molecule has 2 rings (SSSR count). The molecule has 5 heteroatoms. The Morgan fingerprint density at radius 2 is 2.11 bits per heavy atom. The fourth-order valence-electron chi connectivity index (χ4n) is 2.57. The lowest BCUT2D eigenvalue weighted by atomic mass is 9.88. The molecule has 0 saturated heterocycles. The second kappa shape index (κ2) is 6.28. The van der Waals surface area contributed by atoms with Gasteiger partial charge in [0.2, 0.25) is 5.56 Å². The zero-order valence-electron chi connectivity index (χ0n) is 11.2. The van der Waals surface area contributed by atoms with Crippen LogP contribution in [0, 0.1) is 0 Å². The maximum Gasteiger partial charge on any atom is 0.267 e. The third kappa shape index (κ3) is 3.62. The first-order valence-electron chi connectivity index (χ1n) is 6.68. The summed E-state index contributed by atoms with van der Waals surface area (Å²) in [5.41, 5.74) is 0.0875. The van der Waals surface area contributed by atoms with Gasteiger partial charge in [0.25, 0.3) is 5.91 Å². The molecule has 1 aromatic rings. The molecule has 1 fully saturated rings. The van der Waals surface area contributed by atoms with Crippen LogP contribution >= 0.6 is 11.8 Å². The van der Waals surface area contributed by atoms with Gasteiger partial charge in [-0.1, -0.05) is 25.3 Å². The molecule has 1 aliphatic carbocycles. The smallest absolute Gasteiger partial charge is 0.267 e. The summed E-state index contributed by atoms with van der Waals surface area (Å²) >= 11 is 1.85. The second-order valence-corrected chi connectivity index (χ2v) is 6.33. The first-order valence-corrected chi connectivity index (χ1v) is 7.90. The van der Waals surface area contributed by atoms with Gasteiger partial charge in [-0.05, 0) is 25.2 Å². The average molecular weight is 280 g/mol. The van der Waals surface area contributed by atoms with Crippen LogP contribution in [0.4, 0.5) is 0 Å². The number of nitrogens with one attached hydrogen (secondary N) is 2. The lowest BCUT2D eigenvalue weighted by molar-refractivity contribution is 0.0941. The van der Waals surface area contributed by atoms with Crippen molar-refractivity contribution < 1.29 is 4.79 Å². The summed E-state index contributed by atoms with van der Waals surface area (Å²) in [5.74, 6) is -0.198. The number of H-pyrrole nitrogens is 1. The van der Waals surface area contributed by atoms with Gasteiger partial charge in [-0.25, -0.2) is 0 Å². The summed E-state index contributed by atoms with van der Waals surface area (Å²) in [6.45, 7) is 0.671. The van der Waals surface area contributed by atoms with Crippen LogP contribution in [0.5, 0.6) is 0 Å². The Morgan fingerprint density at radius 3 is 2.74 bits per heavy atom. The molecule has 0 aromatic carbocycles. The zero-order chi connectivity index (χ0) is 13.7. The molecule has 0 bridgehead atoms. The minimum absolute atomic E-state index is 0.170. The number of carbonyl (C=O) groups is 1. The topological polar surface area (TPSA) is 62.0 Å². The highest BCUT2D eigenvalue weighted by molar-refractivity contribution is 8.00. The number of rotatable bonds is 4. The molecule has 0 unspecified atom stereocenters. The minimum atomic E-state index is -0.245. The summed E-state index contributed by atoms with van der Waals surface area (Å²) in [5, 5.41) is 2.96. The van der Waals surface area contributed by atoms with Crippen LogP contribution in [-0.2, 0) is 0 Å². The standard InChI is InChI=1S/C14H20N2O2S/c1-19-14(8-3-2-4-9-14)10-15-13(18)11-6-5-7-12(17)16-11/h5-7H,2-4,8-10H2,1H3,(H,15,18)(H,16,17). The molecule has 19 heavy (non-hydrogen) atoms. The van der Waals surface area contributed by atoms with E-state index >= 15 is 0 Å². The monoisotopic (exact) mass is 280 g/mol. The lowest BCUT2D eigenvalue weighted by Gasteiger charge is -2.35. The highest BCUT2D eigenvalue weighted by atomic mass is 32.2. The molecule has 1 saturated carbocycles. The van der Waals surface area contributed by atoms with Crippen molar-refractivity contribution in [2.24, 2.45) is 0 Å². The third-order valence-corrected chi connectivity index (χ3v) is 5.20. The number of amides is 1. The molecule has 0 atom stereocenters. The van der Waals surface area contributed by atoms with Crippen LogP contribution in [0.25, 0.3) is 0 Å². The van der Waals surface area contributed by atoms with Gasteiger partial charge in [0.15, 0.2) is 0 Å². The van der Waals surface area contributed by atoms with Gasteiger partial charge in [0.05, 0.1) is 0 Å². The van der Waals surface area contributed by atoms with Crippen molar-refractivity contribution >= 4 is 17.7 Å². The van der Waals surface area contributed by atoms with Gasteiger partial charge >= 0.3 is 0 Å². The van der Waals surface area contributed by atoms with Crippen LogP contribution in [0.2, 0.25) is 0 Å². The van der Waals surface area contributed by atoms with Crippen molar-refractivity contribution in [3.8, 4) is 0 Å². The molecule has 0 spiro atoms. The Hall–Kier alpha value is -1.23. The van der Waals surface area contributed by atoms with Crippen LogP contribution in [-0.4, -0.2) is 28.4 Å². The fourth-order valence-corrected chi connectivity index (χ4v) is 3.48. The van der Waals surface area contributed by atoms with E-state index in [0.717, 1.165) is 12.8 Å². The molecule has 1 heterocycles. The number of hydrogen-bond acceptors (Lipinski definition) is 3. The van der Waals surface area contributed by atoms with E-state index in [0.29, 0.717) is 12.2 Å². The van der Waals surface area contributed by atoms with Crippen LogP contribution in [0.3, 0.4) is 0 Å². The van der Waals surface area contributed by atoms with Crippen molar-refractivity contribution in [1.82, 2.24) is 10.3 Å². The summed E-state index contributed by atoms with van der Waals surface area (Å²) in [7, 11) is 0. The van der Waals surface area contributed by atoms with Crippen LogP contribution in [0.15, 0.2) is 23.0 Å². The fraction of sp³-hybridized carbons (Fsp3) is 0.571. The van der Waals surface area contributed by atoms with Gasteiger partial charge < -0.3 is 10.3 Å². The highest BCUT2D eigenvalue weighted by Gasteiger charge is 2.31. The van der Waals surface area contributed by atoms with Gasteiger partial charge in [-0.3, -0.25) is 9.59 Å². The van der Waals surface area contributed by atoms with Crippen molar-refractivity contribution in [2.75, 3.05) is 12.8 Å². The normalized spacial score (nSPS) is 17.9. The Bertz CT molecular complexity index is 492. The first-order chi connectivity index (χ1) is 9.15. The Balaban J connectivity index is 1.97. The van der Waals surface area contributed by atoms with E-state index in [1.54, 1.807) is 12.1 Å². The first kappa shape index (κ1) is 14.2. The summed E-state index contributed by atoms with van der Waals surface area (Å²) in [6, 6.07) is 4.63. The average Bonchev–Trinajstić information content (AvgIpc) is 2.46. The molecule has 1 amide bonds. The quantitative estimate of drug-likeness (QED) is 0.888. The molecular formula is C14H20N2O2S. The van der Waals surface area contributed by atoms with Crippen molar-refractivity contribution in [3.63, 3.8) is 0 Å². The summed E-state index contributed by atoms with van der Waals surface area (Å²) in [6.07, 6.45) is 8.18. The predicted molar refractivity (Wildman–Crippen MR) is 78.7 cm³/mol. The maximum atomic E-state index is 12.0. The number of pyridine rings is 1. The van der Waals surface area contributed by atoms with Gasteiger partial charge in [0.1, 0.15) is 5.69 Å². The molecule has 0 aliphatic heterocycles. The Morgan fingerprint density at radius 1 is 1.37 bits per heavy atom. The van der Waals surface area contributed by atoms with Crippen molar-refractivity contribution in [1.29, 1.82) is 0 Å². The SMILES string of the molecule is CSC1(CNC(=O)c2cccc(=O)[nH]2)CCCCC1. The zero-order valence-corrected chi connectivity index (χ0v) is 12.0. The van der Waals surface area contributed by atoms with Crippen molar-refractivity contribution in [3.05, 3.63) is 34.2 Å². The van der Waals surface area contributed by atoms with Crippen LogP contribution < -0.4 is 10.9 Å². The highest BCUT2D eigenvalue weighted by Crippen LogP contribution is 2.37. The van der Waals surface area contributed by atoms with E-state index in [4.69, 9.17) is 0 Å². The number of aromatic amines is 1. The third-order valence-electron chi connectivity index (χ3n) is 3.78. The Kier molecular flexibility index (Phi) is 4.69. The number of thioether (sulfide) groups is 1. The number of carbonyl (C=O) groups excluding carboxylic acids is 1. The lowest BCUT2D eigenvalue weighted by Crippen LogP contribution is -2.42. The molecule has 104 valence electrons. The molecule has 2 N–H and O–H groups in total. The molecule has 1 aromatic heterocycles. The molecule has 1 aliphatic rings. The van der Waals surface area contributed by atoms with Gasteiger partial charge in [-0.2, -0.15) is 11.8 Å². The van der Waals surface area contributed by atoms with Crippen LogP contribution in [0.1, 0.15) is 42.6 Å². The van der Waals surface area contributed by atoms with E-state index in [2.05, 4.69) is 16.6 Å². The summed E-state index contributed by atoms with van der Waals surface area (Å²) < 4.78 is 0.170. The van der Waals surface area contributed by atoms with E-state index in [1.807, 2.05) is 11.8 Å². The van der Waals surface area contributed by atoms with E-state index < -0.39 is 0 Å². The van der Waals surface area contributed by atoms with Gasteiger partial charge in [0, 0.05) is 17.4 Å². The Labute approximate surface area is 117 Å². The van der Waals surface area contributed by atoms with E-state index in [9.17, 15) is 9.59 Å². The second-order valence-electron chi connectivity index (χ2n) is 5.06. The van der Waals surface area contributed by atoms with Gasteiger partial charge in [-0.15, -0.1) is 0 Å². The number of aromatic nitrogens is 1. The number of hydrogen-bond donors (Lipinski definition) is 2. The predicted octanol–water partition coefficient (Wildman–Crippen LogP) is 2.17. The maximum absolute atomic E-state index is 12.0. The largest absolute Gasteiger partial charge is 0.349 e. The summed E-state index contributed by atoms with van der Waals surface area (Å²) in [4.78, 5) is 25.7. The van der Waals surface area contributed by atoms with Crippen molar-refractivity contribution in [2.45, 2.75) is 36.9 Å². The van der Waals surface area contributed by atoms with E-state index in [1.165, 1.54) is 25.3 Å². The minimum Gasteiger partial charge on any atom is -0.349 e. The molecule has 0 radical (unpaired) electrons.